The maximum atomic E-state index is 3.63. The summed E-state index contributed by atoms with van der Waals surface area (Å²) in [6, 6.07) is 20.7. The van der Waals surface area contributed by atoms with Crippen molar-refractivity contribution in [1.82, 2.24) is 0 Å². The third-order valence-electron chi connectivity index (χ3n) is 3.42. The van der Waals surface area contributed by atoms with E-state index < -0.39 is 0 Å². The van der Waals surface area contributed by atoms with Gasteiger partial charge in [-0.05, 0) is 35.0 Å². The van der Waals surface area contributed by atoms with Crippen molar-refractivity contribution in [3.63, 3.8) is 0 Å². The summed E-state index contributed by atoms with van der Waals surface area (Å²) in [7, 11) is 0. The third-order valence-corrected chi connectivity index (χ3v) is 4.24. The molecule has 2 aromatic rings. The molecule has 0 aliphatic rings. The first-order valence-electron chi connectivity index (χ1n) is 8.49. The average Bonchev–Trinajstić information content (AvgIpc) is 2.64. The lowest BCUT2D eigenvalue weighted by Gasteiger charge is -2.06. The van der Waals surface area contributed by atoms with Crippen LogP contribution in [0, 0.1) is 0 Å². The van der Waals surface area contributed by atoms with Crippen molar-refractivity contribution in [3.8, 4) is 0 Å². The molecule has 0 saturated carbocycles. The first-order valence-corrected chi connectivity index (χ1v) is 9.65. The minimum absolute atomic E-state index is 0.709. The molecule has 0 bridgehead atoms. The standard InChI is InChI=1S/C10H14.C8H8.C4H10S/c1-3-9(2)10-7-5-4-6-8-10;1-2-8-6-4-3-5-7-8;1-3-5-4-2/h4-9H,3H2,1-2H3;2-7H,1H2;3-4H2,1-2H3. The van der Waals surface area contributed by atoms with Gasteiger partial charge in [-0.15, -0.1) is 0 Å². The Kier molecular flexibility index (Phi) is 14.4. The molecule has 0 saturated heterocycles. The Morgan fingerprint density at radius 1 is 0.870 bits per heavy atom. The number of rotatable bonds is 5. The highest BCUT2D eigenvalue weighted by atomic mass is 32.2. The molecule has 0 radical (unpaired) electrons. The minimum atomic E-state index is 0.709. The van der Waals surface area contributed by atoms with Gasteiger partial charge in [-0.2, -0.15) is 11.8 Å². The van der Waals surface area contributed by atoms with Gasteiger partial charge in [-0.1, -0.05) is 101 Å². The van der Waals surface area contributed by atoms with E-state index in [4.69, 9.17) is 0 Å². The lowest BCUT2D eigenvalue weighted by Crippen LogP contribution is -1.88. The Hall–Kier alpha value is -1.47. The molecule has 0 heterocycles. The Bertz CT molecular complexity index is 474. The SMILES string of the molecule is C=Cc1ccccc1.CCC(C)c1ccccc1.CCSCC. The zero-order valence-corrected chi connectivity index (χ0v) is 16.0. The highest BCUT2D eigenvalue weighted by molar-refractivity contribution is 7.99. The van der Waals surface area contributed by atoms with E-state index >= 15 is 0 Å². The maximum absolute atomic E-state index is 3.63. The molecule has 0 spiro atoms. The Balaban J connectivity index is 0.000000335. The van der Waals surface area contributed by atoms with Crippen molar-refractivity contribution >= 4 is 17.8 Å². The number of hydrogen-bond acceptors (Lipinski definition) is 1. The van der Waals surface area contributed by atoms with E-state index in [1.165, 1.54) is 29.1 Å². The van der Waals surface area contributed by atoms with Crippen LogP contribution in [-0.4, -0.2) is 11.5 Å². The molecule has 0 amide bonds. The molecular weight excluding hydrogens is 296 g/mol. The van der Waals surface area contributed by atoms with Crippen molar-refractivity contribution in [2.75, 3.05) is 11.5 Å². The molecule has 126 valence electrons. The molecule has 0 aromatic heterocycles. The van der Waals surface area contributed by atoms with E-state index in [1.54, 1.807) is 0 Å². The summed E-state index contributed by atoms with van der Waals surface area (Å²) in [6.45, 7) is 12.5. The second-order valence-electron chi connectivity index (χ2n) is 5.12. The summed E-state index contributed by atoms with van der Waals surface area (Å²) in [5.41, 5.74) is 2.62. The molecule has 0 aliphatic heterocycles. The lowest BCUT2D eigenvalue weighted by molar-refractivity contribution is 0.733. The highest BCUT2D eigenvalue weighted by Crippen LogP contribution is 2.16. The number of hydrogen-bond donors (Lipinski definition) is 0. The van der Waals surface area contributed by atoms with Gasteiger partial charge in [0.1, 0.15) is 0 Å². The monoisotopic (exact) mass is 328 g/mol. The van der Waals surface area contributed by atoms with Gasteiger partial charge in [0.25, 0.3) is 0 Å². The van der Waals surface area contributed by atoms with Gasteiger partial charge in [-0.3, -0.25) is 0 Å². The maximum Gasteiger partial charge on any atom is -0.00961 e. The zero-order valence-electron chi connectivity index (χ0n) is 15.2. The smallest absolute Gasteiger partial charge is 0.00961 e. The van der Waals surface area contributed by atoms with E-state index in [-0.39, 0.29) is 0 Å². The Morgan fingerprint density at radius 3 is 1.65 bits per heavy atom. The van der Waals surface area contributed by atoms with Crippen LogP contribution in [0.2, 0.25) is 0 Å². The van der Waals surface area contributed by atoms with Crippen LogP contribution < -0.4 is 0 Å². The van der Waals surface area contributed by atoms with Gasteiger partial charge in [0, 0.05) is 0 Å². The normalized spacial score (nSPS) is 10.4. The van der Waals surface area contributed by atoms with Gasteiger partial charge >= 0.3 is 0 Å². The molecule has 1 unspecified atom stereocenters. The quantitative estimate of drug-likeness (QED) is 0.555. The first kappa shape index (κ1) is 21.5. The van der Waals surface area contributed by atoms with Crippen LogP contribution in [0.4, 0.5) is 0 Å². The summed E-state index contributed by atoms with van der Waals surface area (Å²) >= 11 is 1.96. The van der Waals surface area contributed by atoms with Crippen molar-refractivity contribution in [1.29, 1.82) is 0 Å². The number of thioether (sulfide) groups is 1. The Labute approximate surface area is 148 Å². The fraction of sp³-hybridized carbons (Fsp3) is 0.364. The highest BCUT2D eigenvalue weighted by Gasteiger charge is 1.98. The lowest BCUT2D eigenvalue weighted by atomic mass is 9.99. The molecule has 0 aliphatic carbocycles. The first-order chi connectivity index (χ1) is 11.2. The third kappa shape index (κ3) is 11.7. The topological polar surface area (TPSA) is 0 Å². The fourth-order valence-corrected chi connectivity index (χ4v) is 2.22. The summed E-state index contributed by atoms with van der Waals surface area (Å²) in [6.07, 6.45) is 3.06. The van der Waals surface area contributed by atoms with E-state index in [1.807, 2.05) is 48.2 Å². The van der Waals surface area contributed by atoms with Crippen LogP contribution in [0.3, 0.4) is 0 Å². The summed E-state index contributed by atoms with van der Waals surface area (Å²) in [5.74, 6) is 3.23. The Morgan fingerprint density at radius 2 is 1.35 bits per heavy atom. The van der Waals surface area contributed by atoms with Crippen molar-refractivity contribution in [3.05, 3.63) is 78.4 Å². The van der Waals surface area contributed by atoms with Gasteiger partial charge in [0.05, 0.1) is 0 Å². The van der Waals surface area contributed by atoms with Crippen molar-refractivity contribution < 1.29 is 0 Å². The summed E-state index contributed by atoms with van der Waals surface area (Å²) < 4.78 is 0. The van der Waals surface area contributed by atoms with Gasteiger partial charge in [-0.25, -0.2) is 0 Å². The van der Waals surface area contributed by atoms with Gasteiger partial charge < -0.3 is 0 Å². The van der Waals surface area contributed by atoms with E-state index in [9.17, 15) is 0 Å². The molecule has 0 fully saturated rings. The van der Waals surface area contributed by atoms with Crippen LogP contribution in [0.1, 0.15) is 51.2 Å². The predicted octanol–water partition coefficient (Wildman–Crippen LogP) is 7.29. The van der Waals surface area contributed by atoms with Gasteiger partial charge in [0.2, 0.25) is 0 Å². The molecule has 1 atom stereocenters. The minimum Gasteiger partial charge on any atom is -0.163 e. The second kappa shape index (κ2) is 15.4. The fourth-order valence-electron chi connectivity index (χ4n) is 1.81. The summed E-state index contributed by atoms with van der Waals surface area (Å²) in [5, 5.41) is 0. The largest absolute Gasteiger partial charge is 0.163 e. The molecule has 0 N–H and O–H groups in total. The van der Waals surface area contributed by atoms with E-state index in [2.05, 4.69) is 64.6 Å². The molecule has 23 heavy (non-hydrogen) atoms. The second-order valence-corrected chi connectivity index (χ2v) is 6.68. The molecule has 1 heteroatoms. The predicted molar refractivity (Wildman–Crippen MR) is 110 cm³/mol. The van der Waals surface area contributed by atoms with Crippen LogP contribution >= 0.6 is 11.8 Å². The van der Waals surface area contributed by atoms with Gasteiger partial charge in [0.15, 0.2) is 0 Å². The van der Waals surface area contributed by atoms with Crippen LogP contribution in [0.25, 0.3) is 6.08 Å². The molecule has 2 aromatic carbocycles. The molecule has 0 nitrogen and oxygen atoms in total. The van der Waals surface area contributed by atoms with Crippen LogP contribution in [-0.2, 0) is 0 Å². The van der Waals surface area contributed by atoms with E-state index in [0.717, 1.165) is 0 Å². The van der Waals surface area contributed by atoms with Crippen molar-refractivity contribution in [2.24, 2.45) is 0 Å². The zero-order chi connectivity index (χ0) is 17.3. The van der Waals surface area contributed by atoms with Crippen molar-refractivity contribution in [2.45, 2.75) is 40.0 Å². The van der Waals surface area contributed by atoms with Crippen LogP contribution in [0.5, 0.6) is 0 Å². The van der Waals surface area contributed by atoms with Crippen LogP contribution in [0.15, 0.2) is 67.2 Å². The average molecular weight is 329 g/mol. The molecule has 2 rings (SSSR count). The molecular formula is C22H32S. The van der Waals surface area contributed by atoms with E-state index in [0.29, 0.717) is 5.92 Å². The number of benzene rings is 2. The summed E-state index contributed by atoms with van der Waals surface area (Å²) in [4.78, 5) is 0.